The van der Waals surface area contributed by atoms with Crippen LogP contribution in [-0.2, 0) is 16.1 Å². The van der Waals surface area contributed by atoms with Crippen molar-refractivity contribution in [2.75, 3.05) is 19.7 Å². The summed E-state index contributed by atoms with van der Waals surface area (Å²) in [6.07, 6.45) is -1.51. The molecule has 0 saturated carbocycles. The molecule has 110 valence electrons. The van der Waals surface area contributed by atoms with Gasteiger partial charge in [0.15, 0.2) is 0 Å². The molecule has 0 N–H and O–H groups in total. The molecule has 1 heterocycles. The lowest BCUT2D eigenvalue weighted by Crippen LogP contribution is -2.48. The Labute approximate surface area is 118 Å². The first-order valence-electron chi connectivity index (χ1n) is 6.92. The van der Waals surface area contributed by atoms with Gasteiger partial charge in [-0.2, -0.15) is 0 Å². The molecule has 1 aromatic rings. The lowest BCUT2D eigenvalue weighted by atomic mass is 10.1. The van der Waals surface area contributed by atoms with Crippen LogP contribution in [0.4, 0.5) is 9.18 Å². The highest BCUT2D eigenvalue weighted by molar-refractivity contribution is 5.67. The van der Waals surface area contributed by atoms with Gasteiger partial charge in [-0.3, -0.25) is 0 Å². The van der Waals surface area contributed by atoms with E-state index in [9.17, 15) is 9.18 Å². The van der Waals surface area contributed by atoms with Gasteiger partial charge in [0.1, 0.15) is 12.8 Å². The molecule has 0 radical (unpaired) electrons. The first-order chi connectivity index (χ1) is 9.70. The van der Waals surface area contributed by atoms with Crippen LogP contribution >= 0.6 is 0 Å². The Morgan fingerprint density at radius 1 is 1.40 bits per heavy atom. The van der Waals surface area contributed by atoms with E-state index in [-0.39, 0.29) is 13.2 Å². The second kappa shape index (κ2) is 7.24. The number of nitrogens with zero attached hydrogens (tertiary/aromatic N) is 1. The number of benzene rings is 1. The molecule has 4 nitrogen and oxygen atoms in total. The molecular weight excluding hydrogens is 261 g/mol. The second-order valence-corrected chi connectivity index (χ2v) is 4.78. The fourth-order valence-electron chi connectivity index (χ4n) is 2.26. The third kappa shape index (κ3) is 3.93. The molecule has 1 aliphatic heterocycles. The number of hydrogen-bond donors (Lipinski definition) is 0. The lowest BCUT2D eigenvalue weighted by Gasteiger charge is -2.33. The van der Waals surface area contributed by atoms with Crippen LogP contribution in [0.3, 0.4) is 0 Å². The number of amides is 1. The number of hydrogen-bond acceptors (Lipinski definition) is 3. The molecule has 1 saturated heterocycles. The Balaban J connectivity index is 1.79. The number of ether oxygens (including phenoxy) is 2. The van der Waals surface area contributed by atoms with Crippen LogP contribution < -0.4 is 0 Å². The Morgan fingerprint density at radius 3 is 2.80 bits per heavy atom. The predicted octanol–water partition coefficient (Wildman–Crippen LogP) is 2.77. The third-order valence-corrected chi connectivity index (χ3v) is 3.33. The molecule has 0 aromatic heterocycles. The van der Waals surface area contributed by atoms with Crippen molar-refractivity contribution in [1.82, 2.24) is 4.90 Å². The van der Waals surface area contributed by atoms with Gasteiger partial charge in [-0.05, 0) is 18.9 Å². The van der Waals surface area contributed by atoms with E-state index in [0.29, 0.717) is 19.6 Å². The zero-order chi connectivity index (χ0) is 14.4. The predicted molar refractivity (Wildman–Crippen MR) is 73.1 cm³/mol. The van der Waals surface area contributed by atoms with Crippen molar-refractivity contribution < 1.29 is 18.7 Å². The molecule has 2 atom stereocenters. The van der Waals surface area contributed by atoms with E-state index in [4.69, 9.17) is 9.47 Å². The van der Waals surface area contributed by atoms with Gasteiger partial charge in [-0.25, -0.2) is 9.18 Å². The lowest BCUT2D eigenvalue weighted by molar-refractivity contribution is -0.0401. The third-order valence-electron chi connectivity index (χ3n) is 3.33. The van der Waals surface area contributed by atoms with Crippen molar-refractivity contribution >= 4 is 6.09 Å². The van der Waals surface area contributed by atoms with Crippen molar-refractivity contribution in [2.45, 2.75) is 32.2 Å². The Bertz CT molecular complexity index is 426. The minimum atomic E-state index is -1.15. The van der Waals surface area contributed by atoms with Crippen LogP contribution in [-0.4, -0.2) is 43.0 Å². The summed E-state index contributed by atoms with van der Waals surface area (Å²) in [5, 5.41) is 0. The normalized spacial score (nSPS) is 22.6. The molecule has 0 unspecified atom stereocenters. The van der Waals surface area contributed by atoms with Crippen LogP contribution in [0.5, 0.6) is 0 Å². The quantitative estimate of drug-likeness (QED) is 0.852. The van der Waals surface area contributed by atoms with E-state index in [1.54, 1.807) is 0 Å². The first-order valence-corrected chi connectivity index (χ1v) is 6.92. The van der Waals surface area contributed by atoms with Crippen molar-refractivity contribution in [3.8, 4) is 0 Å². The summed E-state index contributed by atoms with van der Waals surface area (Å²) in [5.74, 6) is 0. The highest BCUT2D eigenvalue weighted by Crippen LogP contribution is 2.18. The average molecular weight is 281 g/mol. The summed E-state index contributed by atoms with van der Waals surface area (Å²) in [5.41, 5.74) is 0.918. The van der Waals surface area contributed by atoms with Gasteiger partial charge in [0.05, 0.1) is 12.6 Å². The van der Waals surface area contributed by atoms with Crippen molar-refractivity contribution in [2.24, 2.45) is 0 Å². The Hall–Kier alpha value is -1.62. The van der Waals surface area contributed by atoms with Gasteiger partial charge in [-0.15, -0.1) is 0 Å². The van der Waals surface area contributed by atoms with Crippen molar-refractivity contribution in [3.63, 3.8) is 0 Å². The summed E-state index contributed by atoms with van der Waals surface area (Å²) in [6, 6.07) is 9.43. The van der Waals surface area contributed by atoms with E-state index >= 15 is 0 Å². The number of carbonyl (C=O) groups excluding carboxylic acids is 1. The van der Waals surface area contributed by atoms with E-state index in [0.717, 1.165) is 5.56 Å². The zero-order valence-corrected chi connectivity index (χ0v) is 11.6. The van der Waals surface area contributed by atoms with Gasteiger partial charge >= 0.3 is 6.09 Å². The van der Waals surface area contributed by atoms with Crippen LogP contribution in [0.2, 0.25) is 0 Å². The van der Waals surface area contributed by atoms with Crippen LogP contribution in [0.1, 0.15) is 18.9 Å². The number of likely N-dealkylation sites (tertiary alicyclic amines) is 1. The fourth-order valence-corrected chi connectivity index (χ4v) is 2.26. The van der Waals surface area contributed by atoms with Gasteiger partial charge in [-0.1, -0.05) is 30.3 Å². The minimum absolute atomic E-state index is 0.0400. The molecule has 0 bridgehead atoms. The summed E-state index contributed by atoms with van der Waals surface area (Å²) < 4.78 is 24.3. The number of piperidine rings is 1. The molecule has 2 rings (SSSR count). The van der Waals surface area contributed by atoms with Gasteiger partial charge in [0.2, 0.25) is 0 Å². The molecule has 20 heavy (non-hydrogen) atoms. The van der Waals surface area contributed by atoms with Crippen LogP contribution in [0.15, 0.2) is 30.3 Å². The Kier molecular flexibility index (Phi) is 5.35. The molecule has 1 amide bonds. The summed E-state index contributed by atoms with van der Waals surface area (Å²) in [4.78, 5) is 13.3. The topological polar surface area (TPSA) is 38.8 Å². The van der Waals surface area contributed by atoms with E-state index < -0.39 is 18.4 Å². The second-order valence-electron chi connectivity index (χ2n) is 4.78. The summed E-state index contributed by atoms with van der Waals surface area (Å²) in [7, 11) is 0. The van der Waals surface area contributed by atoms with Crippen molar-refractivity contribution in [3.05, 3.63) is 35.9 Å². The standard InChI is InChI=1S/C15H20FNO3/c1-2-19-14-8-9-17(10-13(14)16)15(18)20-11-12-6-4-3-5-7-12/h3-7,13-14H,2,8-11H2,1H3/t13-,14+/m0/s1. The maximum Gasteiger partial charge on any atom is 0.410 e. The molecular formula is C15H20FNO3. The molecule has 0 spiro atoms. The smallest absolute Gasteiger partial charge is 0.410 e. The number of carbonyl (C=O) groups is 1. The van der Waals surface area contributed by atoms with Crippen LogP contribution in [0.25, 0.3) is 0 Å². The van der Waals surface area contributed by atoms with Crippen LogP contribution in [0, 0.1) is 0 Å². The number of rotatable bonds is 4. The highest BCUT2D eigenvalue weighted by Gasteiger charge is 2.32. The molecule has 0 aliphatic carbocycles. The molecule has 1 aliphatic rings. The van der Waals surface area contributed by atoms with E-state index in [2.05, 4.69) is 0 Å². The maximum absolute atomic E-state index is 13.8. The number of alkyl halides is 1. The highest BCUT2D eigenvalue weighted by atomic mass is 19.1. The largest absolute Gasteiger partial charge is 0.445 e. The molecule has 1 aromatic carbocycles. The van der Waals surface area contributed by atoms with E-state index in [1.807, 2.05) is 37.3 Å². The Morgan fingerprint density at radius 2 is 2.15 bits per heavy atom. The van der Waals surface area contributed by atoms with Gasteiger partial charge in [0.25, 0.3) is 0 Å². The average Bonchev–Trinajstić information content (AvgIpc) is 2.48. The monoisotopic (exact) mass is 281 g/mol. The van der Waals surface area contributed by atoms with Gasteiger partial charge < -0.3 is 14.4 Å². The maximum atomic E-state index is 13.8. The molecule has 5 heteroatoms. The molecule has 1 fully saturated rings. The zero-order valence-electron chi connectivity index (χ0n) is 11.6. The van der Waals surface area contributed by atoms with E-state index in [1.165, 1.54) is 4.90 Å². The fraction of sp³-hybridized carbons (Fsp3) is 0.533. The summed E-state index contributed by atoms with van der Waals surface area (Å²) in [6.45, 7) is 3.05. The number of halogens is 1. The minimum Gasteiger partial charge on any atom is -0.445 e. The summed E-state index contributed by atoms with van der Waals surface area (Å²) >= 11 is 0. The SMILES string of the molecule is CCO[C@@H]1CCN(C(=O)OCc2ccccc2)C[C@@H]1F. The van der Waals surface area contributed by atoms with Crippen molar-refractivity contribution in [1.29, 1.82) is 0 Å². The first kappa shape index (κ1) is 14.8. The van der Waals surface area contributed by atoms with Gasteiger partial charge in [0, 0.05) is 13.2 Å².